The molecule has 0 radical (unpaired) electrons. The summed E-state index contributed by atoms with van der Waals surface area (Å²) in [5, 5.41) is 9.80. The molecule has 23 heavy (non-hydrogen) atoms. The summed E-state index contributed by atoms with van der Waals surface area (Å²) in [4.78, 5) is 0. The number of phenols is 1. The summed E-state index contributed by atoms with van der Waals surface area (Å²) in [6.07, 6.45) is 18.6. The molecule has 132 valence electrons. The Kier molecular flexibility index (Phi) is 11.5. The number of rotatable bonds is 14. The van der Waals surface area contributed by atoms with Crippen LogP contribution in [0, 0.1) is 0 Å². The van der Waals surface area contributed by atoms with Gasteiger partial charge in [0.25, 0.3) is 0 Å². The Morgan fingerprint density at radius 1 is 0.739 bits per heavy atom. The summed E-state index contributed by atoms with van der Waals surface area (Å²) >= 11 is 0. The van der Waals surface area contributed by atoms with Gasteiger partial charge in [-0.3, -0.25) is 0 Å². The van der Waals surface area contributed by atoms with Crippen molar-refractivity contribution >= 4 is 5.69 Å². The van der Waals surface area contributed by atoms with Gasteiger partial charge >= 0.3 is 0 Å². The molecule has 1 aromatic rings. The number of anilines is 1. The molecular weight excluding hydrogens is 282 g/mol. The molecule has 0 aliphatic rings. The predicted octanol–water partition coefficient (Wildman–Crippen LogP) is 6.61. The third-order valence-corrected chi connectivity index (χ3v) is 4.72. The first-order valence-electron chi connectivity index (χ1n) is 9.82. The monoisotopic (exact) mass is 319 g/mol. The highest BCUT2D eigenvalue weighted by molar-refractivity contribution is 5.53. The first-order valence-corrected chi connectivity index (χ1v) is 9.82. The summed E-state index contributed by atoms with van der Waals surface area (Å²) < 4.78 is 0. The van der Waals surface area contributed by atoms with E-state index in [0.29, 0.717) is 5.75 Å². The highest BCUT2D eigenvalue weighted by atomic mass is 16.3. The number of phenolic OH excluding ortho intramolecular Hbond substituents is 1. The molecule has 0 fully saturated rings. The Morgan fingerprint density at radius 3 is 1.70 bits per heavy atom. The fourth-order valence-electron chi connectivity index (χ4n) is 3.18. The zero-order valence-corrected chi connectivity index (χ0v) is 15.2. The van der Waals surface area contributed by atoms with E-state index in [9.17, 15) is 5.11 Å². The summed E-state index contributed by atoms with van der Waals surface area (Å²) in [6.45, 7) is 2.28. The zero-order valence-electron chi connectivity index (χ0n) is 15.2. The number of nitrogen functional groups attached to an aromatic ring is 1. The van der Waals surface area contributed by atoms with Crippen LogP contribution in [0.25, 0.3) is 0 Å². The molecule has 3 N–H and O–H groups in total. The summed E-state index contributed by atoms with van der Waals surface area (Å²) in [5.41, 5.74) is 7.56. The van der Waals surface area contributed by atoms with E-state index in [4.69, 9.17) is 5.73 Å². The van der Waals surface area contributed by atoms with Gasteiger partial charge in [-0.1, -0.05) is 90.0 Å². The first-order chi connectivity index (χ1) is 11.3. The van der Waals surface area contributed by atoms with Gasteiger partial charge in [-0.05, 0) is 25.0 Å². The van der Waals surface area contributed by atoms with Crippen molar-refractivity contribution in [3.8, 4) is 5.75 Å². The van der Waals surface area contributed by atoms with Crippen molar-refractivity contribution in [2.24, 2.45) is 0 Å². The summed E-state index contributed by atoms with van der Waals surface area (Å²) in [5.74, 6) is 0.351. The van der Waals surface area contributed by atoms with Gasteiger partial charge in [0.05, 0.1) is 0 Å². The van der Waals surface area contributed by atoms with Gasteiger partial charge in [0, 0.05) is 11.3 Å². The smallest absolute Gasteiger partial charge is 0.120 e. The second-order valence-corrected chi connectivity index (χ2v) is 6.84. The molecule has 0 saturated heterocycles. The standard InChI is InChI=1S/C21H37NO/c1-2-3-4-5-6-7-8-9-10-11-12-13-14-16-19-20(22)17-15-18-21(19)23/h15,17-18,23H,2-14,16,22H2,1H3. The predicted molar refractivity (Wildman–Crippen MR) is 102 cm³/mol. The van der Waals surface area contributed by atoms with Crippen LogP contribution in [0.1, 0.15) is 96.0 Å². The topological polar surface area (TPSA) is 46.2 Å². The van der Waals surface area contributed by atoms with Crippen molar-refractivity contribution in [3.05, 3.63) is 23.8 Å². The molecule has 1 aromatic carbocycles. The van der Waals surface area contributed by atoms with Crippen molar-refractivity contribution in [2.75, 3.05) is 5.73 Å². The van der Waals surface area contributed by atoms with E-state index in [0.717, 1.165) is 24.1 Å². The Morgan fingerprint density at radius 2 is 1.22 bits per heavy atom. The van der Waals surface area contributed by atoms with Gasteiger partial charge in [-0.2, -0.15) is 0 Å². The molecule has 0 bridgehead atoms. The van der Waals surface area contributed by atoms with Crippen molar-refractivity contribution in [1.29, 1.82) is 0 Å². The number of nitrogens with two attached hydrogens (primary N) is 1. The van der Waals surface area contributed by atoms with Gasteiger partial charge < -0.3 is 10.8 Å². The van der Waals surface area contributed by atoms with Crippen LogP contribution < -0.4 is 5.73 Å². The average molecular weight is 320 g/mol. The average Bonchev–Trinajstić information content (AvgIpc) is 2.54. The van der Waals surface area contributed by atoms with Crippen LogP contribution in [-0.2, 0) is 6.42 Å². The lowest BCUT2D eigenvalue weighted by molar-refractivity contribution is 0.466. The van der Waals surface area contributed by atoms with E-state index in [2.05, 4.69) is 6.92 Å². The van der Waals surface area contributed by atoms with Gasteiger partial charge in [0.1, 0.15) is 5.75 Å². The van der Waals surface area contributed by atoms with E-state index in [-0.39, 0.29) is 0 Å². The van der Waals surface area contributed by atoms with Crippen LogP contribution >= 0.6 is 0 Å². The molecule has 2 nitrogen and oxygen atoms in total. The van der Waals surface area contributed by atoms with Gasteiger partial charge in [0.2, 0.25) is 0 Å². The first kappa shape index (κ1) is 19.9. The number of hydrogen-bond acceptors (Lipinski definition) is 2. The quantitative estimate of drug-likeness (QED) is 0.299. The molecule has 0 unspecified atom stereocenters. The lowest BCUT2D eigenvalue weighted by atomic mass is 10.0. The second-order valence-electron chi connectivity index (χ2n) is 6.84. The maximum atomic E-state index is 9.80. The molecule has 0 aliphatic heterocycles. The summed E-state index contributed by atoms with van der Waals surface area (Å²) in [6, 6.07) is 5.41. The van der Waals surface area contributed by atoms with E-state index in [1.165, 1.54) is 77.0 Å². The fraction of sp³-hybridized carbons (Fsp3) is 0.714. The number of aromatic hydroxyl groups is 1. The SMILES string of the molecule is CCCCCCCCCCCCCCCc1c(N)cccc1O. The van der Waals surface area contributed by atoms with Crippen molar-refractivity contribution in [2.45, 2.75) is 96.8 Å². The molecule has 0 heterocycles. The molecule has 0 atom stereocenters. The van der Waals surface area contributed by atoms with Crippen LogP contribution in [0.2, 0.25) is 0 Å². The Hall–Kier alpha value is -1.18. The molecule has 1 rings (SSSR count). The van der Waals surface area contributed by atoms with E-state index in [1.54, 1.807) is 12.1 Å². The Balaban J connectivity index is 1.88. The Bertz CT molecular complexity index is 383. The van der Waals surface area contributed by atoms with E-state index >= 15 is 0 Å². The van der Waals surface area contributed by atoms with Crippen molar-refractivity contribution in [1.82, 2.24) is 0 Å². The third kappa shape index (κ3) is 9.53. The minimum atomic E-state index is 0.351. The van der Waals surface area contributed by atoms with Gasteiger partial charge in [0.15, 0.2) is 0 Å². The molecule has 0 amide bonds. The largest absolute Gasteiger partial charge is 0.508 e. The fourth-order valence-corrected chi connectivity index (χ4v) is 3.18. The third-order valence-electron chi connectivity index (χ3n) is 4.72. The summed E-state index contributed by atoms with van der Waals surface area (Å²) in [7, 11) is 0. The molecule has 0 aromatic heterocycles. The maximum absolute atomic E-state index is 9.80. The lowest BCUT2D eigenvalue weighted by Gasteiger charge is -2.08. The second kappa shape index (κ2) is 13.3. The number of unbranched alkanes of at least 4 members (excludes halogenated alkanes) is 12. The van der Waals surface area contributed by atoms with Crippen LogP contribution in [0.3, 0.4) is 0 Å². The minimum Gasteiger partial charge on any atom is -0.508 e. The van der Waals surface area contributed by atoms with E-state index < -0.39 is 0 Å². The van der Waals surface area contributed by atoms with Gasteiger partial charge in [-0.25, -0.2) is 0 Å². The lowest BCUT2D eigenvalue weighted by Crippen LogP contribution is -1.95. The van der Waals surface area contributed by atoms with Crippen LogP contribution in [0.4, 0.5) is 5.69 Å². The molecule has 0 aliphatic carbocycles. The van der Waals surface area contributed by atoms with Crippen molar-refractivity contribution < 1.29 is 5.11 Å². The van der Waals surface area contributed by atoms with E-state index in [1.807, 2.05) is 6.07 Å². The molecule has 0 saturated carbocycles. The zero-order chi connectivity index (χ0) is 16.8. The van der Waals surface area contributed by atoms with Gasteiger partial charge in [-0.15, -0.1) is 0 Å². The highest BCUT2D eigenvalue weighted by Gasteiger charge is 2.04. The number of hydrogen-bond donors (Lipinski definition) is 2. The van der Waals surface area contributed by atoms with Crippen LogP contribution in [-0.4, -0.2) is 5.11 Å². The Labute approximate surface area is 143 Å². The minimum absolute atomic E-state index is 0.351. The highest BCUT2D eigenvalue weighted by Crippen LogP contribution is 2.25. The molecule has 0 spiro atoms. The van der Waals surface area contributed by atoms with Crippen LogP contribution in [0.5, 0.6) is 5.75 Å². The number of benzene rings is 1. The van der Waals surface area contributed by atoms with Crippen LogP contribution in [0.15, 0.2) is 18.2 Å². The normalized spacial score (nSPS) is 11.0. The molecular formula is C21H37NO. The maximum Gasteiger partial charge on any atom is 0.120 e. The molecule has 2 heteroatoms. The van der Waals surface area contributed by atoms with Crippen molar-refractivity contribution in [3.63, 3.8) is 0 Å².